The minimum Gasteiger partial charge on any atom is -0.497 e. The molecule has 0 amide bonds. The molecule has 1 aliphatic heterocycles. The Hall–Kier alpha value is -0.480. The fourth-order valence-corrected chi connectivity index (χ4v) is 2.78. The molecule has 1 atom stereocenters. The van der Waals surface area contributed by atoms with Crippen LogP contribution in [-0.2, 0) is 0 Å². The van der Waals surface area contributed by atoms with Gasteiger partial charge in [-0.2, -0.15) is 0 Å². The highest BCUT2D eigenvalue weighted by molar-refractivity contribution is 5.85. The number of hydrogen-bond donors (Lipinski definition) is 1. The number of methoxy groups -OCH3 is 1. The largest absolute Gasteiger partial charge is 0.497 e. The van der Waals surface area contributed by atoms with Gasteiger partial charge in [0, 0.05) is 32.2 Å². The number of rotatable bonds is 6. The van der Waals surface area contributed by atoms with Crippen LogP contribution >= 0.6 is 24.8 Å². The second kappa shape index (κ2) is 11.1. The van der Waals surface area contributed by atoms with E-state index in [2.05, 4.69) is 41.4 Å². The zero-order valence-electron chi connectivity index (χ0n) is 13.0. The number of benzene rings is 1. The van der Waals surface area contributed by atoms with Crippen molar-refractivity contribution < 1.29 is 4.74 Å². The van der Waals surface area contributed by atoms with Crippen molar-refractivity contribution in [1.29, 1.82) is 0 Å². The maximum absolute atomic E-state index is 5.25. The maximum atomic E-state index is 5.25. The predicted octanol–water partition coefficient (Wildman–Crippen LogP) is 3.68. The van der Waals surface area contributed by atoms with E-state index in [-0.39, 0.29) is 24.8 Å². The van der Waals surface area contributed by atoms with Gasteiger partial charge in [-0.1, -0.05) is 31.9 Å². The van der Waals surface area contributed by atoms with E-state index in [1.54, 1.807) is 7.11 Å². The highest BCUT2D eigenvalue weighted by Crippen LogP contribution is 2.28. The number of unbranched alkanes of at least 4 members (excludes halogenated alkanes) is 1. The number of nitrogens with zero attached hydrogens (tertiary/aromatic N) is 1. The van der Waals surface area contributed by atoms with Crippen molar-refractivity contribution in [2.24, 2.45) is 0 Å². The lowest BCUT2D eigenvalue weighted by atomic mass is 9.98. The highest BCUT2D eigenvalue weighted by atomic mass is 35.5. The SMILES string of the molecule is CCCC[C@H](c1ccc(OC)cc1)N1CCNCC1.Cl.Cl. The Morgan fingerprint density at radius 2 is 1.76 bits per heavy atom. The van der Waals surface area contributed by atoms with Crippen LogP contribution in [0.5, 0.6) is 5.75 Å². The first-order chi connectivity index (χ1) is 9.35. The standard InChI is InChI=1S/C16H26N2O.2ClH/c1-3-4-5-16(18-12-10-17-11-13-18)14-6-8-15(19-2)9-7-14;;/h6-9,16-17H,3-5,10-13H2,1-2H3;2*1H/t16-;;/m1../s1. The quantitative estimate of drug-likeness (QED) is 0.858. The summed E-state index contributed by atoms with van der Waals surface area (Å²) in [6, 6.07) is 9.17. The molecule has 21 heavy (non-hydrogen) atoms. The van der Waals surface area contributed by atoms with Gasteiger partial charge in [0.15, 0.2) is 0 Å². The maximum Gasteiger partial charge on any atom is 0.118 e. The minimum atomic E-state index is 0. The summed E-state index contributed by atoms with van der Waals surface area (Å²) in [4.78, 5) is 2.62. The smallest absolute Gasteiger partial charge is 0.118 e. The molecule has 122 valence electrons. The first-order valence-electron chi connectivity index (χ1n) is 7.44. The lowest BCUT2D eigenvalue weighted by molar-refractivity contribution is 0.163. The molecule has 0 spiro atoms. The summed E-state index contributed by atoms with van der Waals surface area (Å²) in [6.45, 7) is 6.79. The van der Waals surface area contributed by atoms with Gasteiger partial charge in [0.25, 0.3) is 0 Å². The van der Waals surface area contributed by atoms with Crippen molar-refractivity contribution in [3.8, 4) is 5.75 Å². The summed E-state index contributed by atoms with van der Waals surface area (Å²) in [5, 5.41) is 3.43. The summed E-state index contributed by atoms with van der Waals surface area (Å²) in [5.41, 5.74) is 1.43. The number of piperazine rings is 1. The van der Waals surface area contributed by atoms with Crippen molar-refractivity contribution in [2.75, 3.05) is 33.3 Å². The summed E-state index contributed by atoms with van der Waals surface area (Å²) in [5.74, 6) is 0.943. The molecular formula is C16H28Cl2N2O. The summed E-state index contributed by atoms with van der Waals surface area (Å²) >= 11 is 0. The Morgan fingerprint density at radius 1 is 1.14 bits per heavy atom. The van der Waals surface area contributed by atoms with Crippen LogP contribution in [0.1, 0.15) is 37.8 Å². The molecule has 0 unspecified atom stereocenters. The van der Waals surface area contributed by atoms with Gasteiger partial charge in [0.2, 0.25) is 0 Å². The molecule has 0 radical (unpaired) electrons. The Bertz CT molecular complexity index is 367. The monoisotopic (exact) mass is 334 g/mol. The van der Waals surface area contributed by atoms with Crippen molar-refractivity contribution in [3.63, 3.8) is 0 Å². The predicted molar refractivity (Wildman–Crippen MR) is 94.2 cm³/mol. The molecule has 0 bridgehead atoms. The Kier molecular flexibility index (Phi) is 10.9. The van der Waals surface area contributed by atoms with E-state index in [0.29, 0.717) is 6.04 Å². The topological polar surface area (TPSA) is 24.5 Å². The first-order valence-corrected chi connectivity index (χ1v) is 7.44. The molecule has 1 fully saturated rings. The van der Waals surface area contributed by atoms with E-state index in [4.69, 9.17) is 4.74 Å². The first kappa shape index (κ1) is 20.5. The lowest BCUT2D eigenvalue weighted by Gasteiger charge is -2.35. The van der Waals surface area contributed by atoms with E-state index in [1.807, 2.05) is 0 Å². The van der Waals surface area contributed by atoms with Crippen LogP contribution in [0, 0.1) is 0 Å². The summed E-state index contributed by atoms with van der Waals surface area (Å²) < 4.78 is 5.25. The Labute approximate surface area is 141 Å². The van der Waals surface area contributed by atoms with Gasteiger partial charge in [0.1, 0.15) is 5.75 Å². The molecule has 3 nitrogen and oxygen atoms in total. The van der Waals surface area contributed by atoms with Crippen molar-refractivity contribution >= 4 is 24.8 Å². The molecule has 0 aromatic heterocycles. The number of nitrogens with one attached hydrogen (secondary N) is 1. The fraction of sp³-hybridized carbons (Fsp3) is 0.625. The fourth-order valence-electron chi connectivity index (χ4n) is 2.78. The van der Waals surface area contributed by atoms with Crippen LogP contribution in [-0.4, -0.2) is 38.2 Å². The number of halogens is 2. The molecule has 2 rings (SSSR count). The van der Waals surface area contributed by atoms with E-state index in [9.17, 15) is 0 Å². The molecule has 0 saturated carbocycles. The van der Waals surface area contributed by atoms with Crippen LogP contribution in [0.4, 0.5) is 0 Å². The molecule has 1 aliphatic rings. The highest BCUT2D eigenvalue weighted by Gasteiger charge is 2.21. The molecule has 0 aliphatic carbocycles. The van der Waals surface area contributed by atoms with E-state index < -0.39 is 0 Å². The van der Waals surface area contributed by atoms with Crippen LogP contribution in [0.15, 0.2) is 24.3 Å². The van der Waals surface area contributed by atoms with E-state index in [1.165, 1.54) is 24.8 Å². The molecule has 1 heterocycles. The molecular weight excluding hydrogens is 307 g/mol. The minimum absolute atomic E-state index is 0. The Balaban J connectivity index is 0.00000200. The van der Waals surface area contributed by atoms with Gasteiger partial charge in [-0.05, 0) is 24.1 Å². The molecule has 1 saturated heterocycles. The second-order valence-corrected chi connectivity index (χ2v) is 5.22. The van der Waals surface area contributed by atoms with Gasteiger partial charge in [-0.15, -0.1) is 24.8 Å². The van der Waals surface area contributed by atoms with Gasteiger partial charge in [-0.3, -0.25) is 4.90 Å². The molecule has 1 N–H and O–H groups in total. The van der Waals surface area contributed by atoms with Crippen LogP contribution in [0.2, 0.25) is 0 Å². The normalized spacial score (nSPS) is 16.5. The number of hydrogen-bond acceptors (Lipinski definition) is 3. The van der Waals surface area contributed by atoms with Gasteiger partial charge in [-0.25, -0.2) is 0 Å². The third-order valence-electron chi connectivity index (χ3n) is 3.92. The van der Waals surface area contributed by atoms with Crippen molar-refractivity contribution in [3.05, 3.63) is 29.8 Å². The van der Waals surface area contributed by atoms with Crippen LogP contribution in [0.3, 0.4) is 0 Å². The molecule has 1 aromatic rings. The zero-order chi connectivity index (χ0) is 13.5. The summed E-state index contributed by atoms with van der Waals surface area (Å²) in [6.07, 6.45) is 3.81. The van der Waals surface area contributed by atoms with Crippen LogP contribution < -0.4 is 10.1 Å². The average molecular weight is 335 g/mol. The molecule has 1 aromatic carbocycles. The van der Waals surface area contributed by atoms with Gasteiger partial charge in [0.05, 0.1) is 7.11 Å². The number of ether oxygens (including phenoxy) is 1. The van der Waals surface area contributed by atoms with Gasteiger partial charge >= 0.3 is 0 Å². The van der Waals surface area contributed by atoms with Crippen molar-refractivity contribution in [1.82, 2.24) is 10.2 Å². The Morgan fingerprint density at radius 3 is 2.29 bits per heavy atom. The van der Waals surface area contributed by atoms with Crippen molar-refractivity contribution in [2.45, 2.75) is 32.2 Å². The van der Waals surface area contributed by atoms with Gasteiger partial charge < -0.3 is 10.1 Å². The molecule has 5 heteroatoms. The third kappa shape index (κ3) is 6.03. The van der Waals surface area contributed by atoms with E-state index >= 15 is 0 Å². The average Bonchev–Trinajstić information content (AvgIpc) is 2.49. The van der Waals surface area contributed by atoms with Crippen LogP contribution in [0.25, 0.3) is 0 Å². The summed E-state index contributed by atoms with van der Waals surface area (Å²) in [7, 11) is 1.72. The third-order valence-corrected chi connectivity index (χ3v) is 3.92. The second-order valence-electron chi connectivity index (χ2n) is 5.22. The lowest BCUT2D eigenvalue weighted by Crippen LogP contribution is -2.45. The zero-order valence-corrected chi connectivity index (χ0v) is 14.6. The van der Waals surface area contributed by atoms with E-state index in [0.717, 1.165) is 31.9 Å².